The number of hydrogen-bond donors (Lipinski definition) is 3. The molecule has 0 atom stereocenters. The lowest BCUT2D eigenvalue weighted by Crippen LogP contribution is -2.10. The predicted molar refractivity (Wildman–Crippen MR) is 137 cm³/mol. The highest BCUT2D eigenvalue weighted by Gasteiger charge is 2.17. The minimum Gasteiger partial charge on any atom is -0.335 e. The molecule has 1 amide bonds. The van der Waals surface area contributed by atoms with Crippen LogP contribution in [0.5, 0.6) is 0 Å². The average Bonchev–Trinajstić information content (AvgIpc) is 3.63. The van der Waals surface area contributed by atoms with E-state index >= 15 is 0 Å². The second-order valence-electron chi connectivity index (χ2n) is 8.07. The lowest BCUT2D eigenvalue weighted by atomic mass is 10.1. The van der Waals surface area contributed by atoms with Gasteiger partial charge in [-0.15, -0.1) is 11.3 Å². The normalized spacial score (nSPS) is 11.3. The third kappa shape index (κ3) is 3.93. The third-order valence-electron chi connectivity index (χ3n) is 5.66. The summed E-state index contributed by atoms with van der Waals surface area (Å²) in [6.45, 7) is 1.97. The van der Waals surface area contributed by atoms with E-state index in [0.717, 1.165) is 44.6 Å². The van der Waals surface area contributed by atoms with Gasteiger partial charge in [-0.05, 0) is 36.1 Å². The van der Waals surface area contributed by atoms with E-state index in [1.165, 1.54) is 0 Å². The molecular weight excluding hydrogens is 460 g/mol. The van der Waals surface area contributed by atoms with E-state index < -0.39 is 0 Å². The Hall–Kier alpha value is -4.44. The molecule has 6 aromatic heterocycles. The Morgan fingerprint density at radius 2 is 2.00 bits per heavy atom. The number of hydrogen-bond acceptors (Lipinski definition) is 7. The molecule has 0 fully saturated rings. The second kappa shape index (κ2) is 8.73. The first kappa shape index (κ1) is 21.1. The molecule has 0 saturated carbocycles. The molecule has 0 aliphatic rings. The summed E-state index contributed by atoms with van der Waals surface area (Å²) in [4.78, 5) is 34.5. The van der Waals surface area contributed by atoms with E-state index in [-0.39, 0.29) is 5.91 Å². The van der Waals surface area contributed by atoms with Crippen LogP contribution in [0.25, 0.3) is 55.3 Å². The van der Waals surface area contributed by atoms with Crippen LogP contribution in [0.4, 0.5) is 5.69 Å². The Kier molecular flexibility index (Phi) is 5.27. The van der Waals surface area contributed by atoms with Crippen molar-refractivity contribution < 1.29 is 4.79 Å². The van der Waals surface area contributed by atoms with E-state index in [9.17, 15) is 4.79 Å². The van der Waals surface area contributed by atoms with Crippen molar-refractivity contribution in [2.45, 2.75) is 19.8 Å². The van der Waals surface area contributed by atoms with Gasteiger partial charge in [0.05, 0.1) is 22.8 Å². The number of fused-ring (bicyclic) bond motifs is 2. The fourth-order valence-corrected chi connectivity index (χ4v) is 4.78. The maximum Gasteiger partial charge on any atom is 0.224 e. The molecule has 9 nitrogen and oxygen atoms in total. The topological polar surface area (TPSA) is 125 Å². The standard InChI is InChI=1S/C25H20N8OS/c1-2-4-20(34)29-16-9-14(11-26-13-16)15-10-18-22(32-33-23(18)28-12-15)25-30-21-17(19-5-3-8-35-19)6-7-27-24(21)31-25/h3,5-13H,2,4H2,1H3,(H,29,34)(H,27,30,31)(H,28,32,33). The third-order valence-corrected chi connectivity index (χ3v) is 6.56. The molecule has 6 aromatic rings. The maximum absolute atomic E-state index is 12.0. The molecule has 0 spiro atoms. The average molecular weight is 481 g/mol. The van der Waals surface area contributed by atoms with Crippen LogP contribution in [0.15, 0.2) is 60.5 Å². The highest BCUT2D eigenvalue weighted by Crippen LogP contribution is 2.33. The van der Waals surface area contributed by atoms with Gasteiger partial charge >= 0.3 is 0 Å². The molecule has 10 heteroatoms. The van der Waals surface area contributed by atoms with Gasteiger partial charge in [-0.25, -0.2) is 15.0 Å². The van der Waals surface area contributed by atoms with Gasteiger partial charge in [0.2, 0.25) is 5.91 Å². The Morgan fingerprint density at radius 3 is 2.86 bits per heavy atom. The summed E-state index contributed by atoms with van der Waals surface area (Å²) >= 11 is 1.67. The van der Waals surface area contributed by atoms with E-state index in [2.05, 4.69) is 41.5 Å². The van der Waals surface area contributed by atoms with Gasteiger partial charge in [0, 0.05) is 46.6 Å². The van der Waals surface area contributed by atoms with Crippen LogP contribution in [-0.4, -0.2) is 41.0 Å². The van der Waals surface area contributed by atoms with Gasteiger partial charge in [0.15, 0.2) is 17.1 Å². The van der Waals surface area contributed by atoms with Crippen LogP contribution in [0.1, 0.15) is 19.8 Å². The number of aromatic amines is 2. The van der Waals surface area contributed by atoms with E-state index in [1.807, 2.05) is 36.6 Å². The number of anilines is 1. The highest BCUT2D eigenvalue weighted by molar-refractivity contribution is 7.13. The molecule has 0 bridgehead atoms. The molecule has 6 heterocycles. The number of nitrogens with zero attached hydrogens (tertiary/aromatic N) is 5. The van der Waals surface area contributed by atoms with Crippen molar-refractivity contribution in [1.29, 1.82) is 0 Å². The van der Waals surface area contributed by atoms with Gasteiger partial charge in [0.1, 0.15) is 5.69 Å². The van der Waals surface area contributed by atoms with Crippen LogP contribution < -0.4 is 5.32 Å². The SMILES string of the molecule is CCCC(=O)Nc1cncc(-c2cnc3n[nH]c(-c4nc5nccc(-c6cccs6)c5[nH]4)c3c2)c1. The lowest BCUT2D eigenvalue weighted by Gasteiger charge is -2.07. The molecule has 6 rings (SSSR count). The molecule has 0 radical (unpaired) electrons. The van der Waals surface area contributed by atoms with Gasteiger partial charge in [-0.3, -0.25) is 14.9 Å². The van der Waals surface area contributed by atoms with Crippen LogP contribution in [-0.2, 0) is 4.79 Å². The molecule has 0 unspecified atom stereocenters. The second-order valence-corrected chi connectivity index (χ2v) is 9.02. The smallest absolute Gasteiger partial charge is 0.224 e. The van der Waals surface area contributed by atoms with E-state index in [0.29, 0.717) is 29.2 Å². The van der Waals surface area contributed by atoms with Crippen molar-refractivity contribution >= 4 is 45.1 Å². The number of carbonyl (C=O) groups is 1. The first-order chi connectivity index (χ1) is 17.2. The van der Waals surface area contributed by atoms with Gasteiger partial charge in [0.25, 0.3) is 0 Å². The van der Waals surface area contributed by atoms with Crippen molar-refractivity contribution in [3.63, 3.8) is 0 Å². The summed E-state index contributed by atoms with van der Waals surface area (Å²) in [5.74, 6) is 0.606. The number of carbonyl (C=O) groups excluding carboxylic acids is 1. The first-order valence-corrected chi connectivity index (χ1v) is 12.1. The van der Waals surface area contributed by atoms with E-state index in [4.69, 9.17) is 4.98 Å². The van der Waals surface area contributed by atoms with Crippen LogP contribution in [0.3, 0.4) is 0 Å². The summed E-state index contributed by atoms with van der Waals surface area (Å²) in [6, 6.07) is 9.98. The van der Waals surface area contributed by atoms with Gasteiger partial charge in [-0.2, -0.15) is 5.10 Å². The number of nitrogens with one attached hydrogen (secondary N) is 3. The van der Waals surface area contributed by atoms with Crippen molar-refractivity contribution in [2.24, 2.45) is 0 Å². The van der Waals surface area contributed by atoms with Crippen molar-refractivity contribution in [3.8, 4) is 33.1 Å². The van der Waals surface area contributed by atoms with Crippen molar-refractivity contribution in [3.05, 3.63) is 60.5 Å². The molecule has 172 valence electrons. The summed E-state index contributed by atoms with van der Waals surface area (Å²) in [5, 5.41) is 13.2. The number of thiophene rings is 1. The summed E-state index contributed by atoms with van der Waals surface area (Å²) < 4.78 is 0. The lowest BCUT2D eigenvalue weighted by molar-refractivity contribution is -0.116. The van der Waals surface area contributed by atoms with E-state index in [1.54, 1.807) is 36.1 Å². The quantitative estimate of drug-likeness (QED) is 0.292. The van der Waals surface area contributed by atoms with Crippen LogP contribution in [0.2, 0.25) is 0 Å². The van der Waals surface area contributed by atoms with Crippen molar-refractivity contribution in [2.75, 3.05) is 5.32 Å². The molecule has 0 aromatic carbocycles. The van der Waals surface area contributed by atoms with Gasteiger partial charge in [-0.1, -0.05) is 13.0 Å². The largest absolute Gasteiger partial charge is 0.335 e. The summed E-state index contributed by atoms with van der Waals surface area (Å²) in [7, 11) is 0. The minimum absolute atomic E-state index is 0.0300. The maximum atomic E-state index is 12.0. The number of pyridine rings is 3. The summed E-state index contributed by atoms with van der Waals surface area (Å²) in [5.41, 5.74) is 6.21. The number of imidazole rings is 1. The zero-order chi connectivity index (χ0) is 23.8. The molecule has 0 aliphatic heterocycles. The highest BCUT2D eigenvalue weighted by atomic mass is 32.1. The Balaban J connectivity index is 1.40. The fourth-order valence-electron chi connectivity index (χ4n) is 4.02. The number of amides is 1. The Bertz CT molecular complexity index is 1670. The minimum atomic E-state index is -0.0300. The zero-order valence-electron chi connectivity index (χ0n) is 18.7. The number of rotatable bonds is 6. The first-order valence-electron chi connectivity index (χ1n) is 11.2. The summed E-state index contributed by atoms with van der Waals surface area (Å²) in [6.07, 6.45) is 8.16. The predicted octanol–water partition coefficient (Wildman–Crippen LogP) is 5.43. The number of aromatic nitrogens is 7. The monoisotopic (exact) mass is 480 g/mol. The van der Waals surface area contributed by atoms with Crippen molar-refractivity contribution in [1.82, 2.24) is 35.1 Å². The van der Waals surface area contributed by atoms with Crippen LogP contribution >= 0.6 is 11.3 Å². The Morgan fingerprint density at radius 1 is 1.09 bits per heavy atom. The molecular formula is C25H20N8OS. The number of H-pyrrole nitrogens is 2. The Labute approximate surface area is 203 Å². The molecule has 35 heavy (non-hydrogen) atoms. The molecule has 3 N–H and O–H groups in total. The van der Waals surface area contributed by atoms with Gasteiger partial charge < -0.3 is 10.3 Å². The molecule has 0 saturated heterocycles. The molecule has 0 aliphatic carbocycles. The fraction of sp³-hybridized carbons (Fsp3) is 0.120. The van der Waals surface area contributed by atoms with Crippen LogP contribution in [0, 0.1) is 0 Å². The zero-order valence-corrected chi connectivity index (χ0v) is 19.6.